The van der Waals surface area contributed by atoms with Gasteiger partial charge in [-0.1, -0.05) is 12.1 Å². The Balaban J connectivity index is 1.27. The van der Waals surface area contributed by atoms with E-state index in [-0.39, 0.29) is 29.5 Å². The molecular formula is C26H35N5O5. The van der Waals surface area contributed by atoms with Crippen molar-refractivity contribution in [1.29, 1.82) is 0 Å². The fourth-order valence-corrected chi connectivity index (χ4v) is 5.94. The van der Waals surface area contributed by atoms with Gasteiger partial charge in [-0.05, 0) is 57.1 Å². The van der Waals surface area contributed by atoms with Crippen molar-refractivity contribution in [2.24, 2.45) is 12.5 Å². The van der Waals surface area contributed by atoms with Crippen LogP contribution in [0.1, 0.15) is 58.1 Å². The number of hydrogen-bond donors (Lipinski definition) is 1. The van der Waals surface area contributed by atoms with E-state index < -0.39 is 17.6 Å². The van der Waals surface area contributed by atoms with Gasteiger partial charge >= 0.3 is 11.8 Å². The molecule has 1 aromatic carbocycles. The van der Waals surface area contributed by atoms with Gasteiger partial charge in [0, 0.05) is 46.2 Å². The number of benzene rings is 1. The van der Waals surface area contributed by atoms with Crippen molar-refractivity contribution in [3.63, 3.8) is 0 Å². The molecule has 0 radical (unpaired) electrons. The van der Waals surface area contributed by atoms with E-state index in [4.69, 9.17) is 4.74 Å². The minimum atomic E-state index is -0.684. The summed E-state index contributed by atoms with van der Waals surface area (Å²) in [5.74, 6) is -0.720. The third-order valence-electron chi connectivity index (χ3n) is 7.70. The lowest BCUT2D eigenvalue weighted by Gasteiger charge is -2.54. The largest absolute Gasteiger partial charge is 0.444 e. The first-order valence-corrected chi connectivity index (χ1v) is 12.7. The molecule has 2 aromatic rings. The van der Waals surface area contributed by atoms with Crippen molar-refractivity contribution in [3.05, 3.63) is 34.2 Å². The Kier molecular flexibility index (Phi) is 5.97. The van der Waals surface area contributed by atoms with E-state index in [9.17, 15) is 19.2 Å². The number of nitrogens with one attached hydrogen (secondary N) is 1. The van der Waals surface area contributed by atoms with Gasteiger partial charge in [0.05, 0.1) is 11.0 Å². The van der Waals surface area contributed by atoms with Gasteiger partial charge in [-0.3, -0.25) is 28.9 Å². The molecule has 10 heteroatoms. The molecule has 1 aromatic heterocycles. The number of nitrogens with zero attached hydrogens (tertiary/aromatic N) is 4. The van der Waals surface area contributed by atoms with Crippen LogP contribution < -0.4 is 11.0 Å². The fraction of sp³-hybridized carbons (Fsp3) is 0.615. The average Bonchev–Trinajstić information content (AvgIpc) is 3.03. The number of piperidine rings is 2. The maximum Gasteiger partial charge on any atom is 0.410 e. The number of aryl methyl sites for hydroxylation is 1. The number of aromatic nitrogens is 2. The van der Waals surface area contributed by atoms with Crippen molar-refractivity contribution in [2.75, 3.05) is 26.2 Å². The number of carbonyl (C=O) groups excluding carboxylic acids is 3. The number of amides is 3. The molecule has 194 valence electrons. The zero-order valence-corrected chi connectivity index (χ0v) is 21.5. The van der Waals surface area contributed by atoms with Gasteiger partial charge < -0.3 is 9.64 Å². The maximum atomic E-state index is 13.2. The summed E-state index contributed by atoms with van der Waals surface area (Å²) in [5.41, 5.74) is 2.07. The summed E-state index contributed by atoms with van der Waals surface area (Å²) in [6.45, 7) is 9.69. The number of hydrogen-bond acceptors (Lipinski definition) is 6. The molecule has 0 bridgehead atoms. The molecule has 0 saturated carbocycles. The molecule has 4 heterocycles. The number of imidazole rings is 1. The van der Waals surface area contributed by atoms with Crippen LogP contribution in [-0.4, -0.2) is 68.6 Å². The zero-order chi connectivity index (χ0) is 25.8. The van der Waals surface area contributed by atoms with E-state index >= 15 is 0 Å². The third kappa shape index (κ3) is 4.42. The Morgan fingerprint density at radius 3 is 2.47 bits per heavy atom. The van der Waals surface area contributed by atoms with Gasteiger partial charge in [-0.25, -0.2) is 9.59 Å². The van der Waals surface area contributed by atoms with Gasteiger partial charge in [0.25, 0.3) is 0 Å². The molecule has 1 unspecified atom stereocenters. The predicted molar refractivity (Wildman–Crippen MR) is 133 cm³/mol. The topological polar surface area (TPSA) is 106 Å². The highest BCUT2D eigenvalue weighted by Gasteiger charge is 2.46. The third-order valence-corrected chi connectivity index (χ3v) is 7.70. The molecule has 1 N–H and O–H groups in total. The van der Waals surface area contributed by atoms with E-state index in [1.807, 2.05) is 43.9 Å². The molecule has 3 aliphatic heterocycles. The molecule has 5 rings (SSSR count). The molecule has 36 heavy (non-hydrogen) atoms. The van der Waals surface area contributed by atoms with Crippen LogP contribution in [0.25, 0.3) is 11.0 Å². The second-order valence-electron chi connectivity index (χ2n) is 11.6. The zero-order valence-electron chi connectivity index (χ0n) is 21.5. The molecule has 3 amide bonds. The van der Waals surface area contributed by atoms with Crippen molar-refractivity contribution in [1.82, 2.24) is 24.3 Å². The summed E-state index contributed by atoms with van der Waals surface area (Å²) < 4.78 is 8.67. The van der Waals surface area contributed by atoms with Crippen LogP contribution in [0.15, 0.2) is 23.0 Å². The predicted octanol–water partition coefficient (Wildman–Crippen LogP) is 2.15. The molecule has 10 nitrogen and oxygen atoms in total. The van der Waals surface area contributed by atoms with E-state index in [1.165, 1.54) is 4.57 Å². The first-order valence-electron chi connectivity index (χ1n) is 12.7. The van der Waals surface area contributed by atoms with Gasteiger partial charge in [-0.15, -0.1) is 0 Å². The lowest BCUT2D eigenvalue weighted by atomic mass is 9.72. The normalized spacial score (nSPS) is 22.6. The fourth-order valence-electron chi connectivity index (χ4n) is 5.94. The maximum absolute atomic E-state index is 13.2. The number of rotatable bonds is 3. The number of para-hydroxylation sites is 1. The molecule has 1 spiro atoms. The highest BCUT2D eigenvalue weighted by atomic mass is 16.6. The highest BCUT2D eigenvalue weighted by molar-refractivity contribution is 6.00. The second kappa shape index (κ2) is 8.76. The van der Waals surface area contributed by atoms with Crippen LogP contribution >= 0.6 is 0 Å². The first kappa shape index (κ1) is 24.5. The van der Waals surface area contributed by atoms with Crippen molar-refractivity contribution < 1.29 is 19.1 Å². The molecule has 0 aliphatic carbocycles. The Labute approximate surface area is 210 Å². The number of likely N-dealkylation sites (tertiary alicyclic amines) is 2. The van der Waals surface area contributed by atoms with Crippen molar-refractivity contribution in [2.45, 2.75) is 64.6 Å². The number of carbonyl (C=O) groups is 3. The van der Waals surface area contributed by atoms with Crippen LogP contribution in [0.3, 0.4) is 0 Å². The van der Waals surface area contributed by atoms with Gasteiger partial charge in [0.2, 0.25) is 11.8 Å². The summed E-state index contributed by atoms with van der Waals surface area (Å²) in [6, 6.07) is 5.14. The molecule has 1 atom stereocenters. The van der Waals surface area contributed by atoms with Crippen molar-refractivity contribution in [3.8, 4) is 0 Å². The van der Waals surface area contributed by atoms with Crippen LogP contribution in [0.4, 0.5) is 4.79 Å². The molecule has 3 aliphatic rings. The number of fused-ring (bicyclic) bond motifs is 1. The van der Waals surface area contributed by atoms with E-state index in [0.717, 1.165) is 42.5 Å². The van der Waals surface area contributed by atoms with Crippen LogP contribution in [0.2, 0.25) is 0 Å². The number of ether oxygens (including phenoxy) is 1. The average molecular weight is 498 g/mol. The summed E-state index contributed by atoms with van der Waals surface area (Å²) in [6.07, 6.45) is 2.22. The van der Waals surface area contributed by atoms with Crippen LogP contribution in [-0.2, 0) is 27.9 Å². The molecule has 3 fully saturated rings. The standard InChI is InChI=1S/C26H35N5O5/c1-25(2,3)36-24(35)30-12-10-26(11-13-30)15-29(16-26)14-17-6-5-7-18-21(17)28(4)23(34)31(18)19-8-9-20(32)27-22(19)33/h5-7,19H,8-16H2,1-4H3,(H,27,32,33). The van der Waals surface area contributed by atoms with Crippen molar-refractivity contribution >= 4 is 28.9 Å². The van der Waals surface area contributed by atoms with E-state index in [1.54, 1.807) is 11.6 Å². The summed E-state index contributed by atoms with van der Waals surface area (Å²) in [5, 5.41) is 2.36. The van der Waals surface area contributed by atoms with Gasteiger partial charge in [0.15, 0.2) is 0 Å². The SMILES string of the molecule is Cn1c(=O)n(C2CCC(=O)NC2=O)c2cccc(CN3CC4(CCN(C(=O)OC(C)(C)C)CC4)C3)c21. The Hall–Kier alpha value is -3.14. The second-order valence-corrected chi connectivity index (χ2v) is 11.6. The monoisotopic (exact) mass is 497 g/mol. The lowest BCUT2D eigenvalue weighted by molar-refractivity contribution is -0.135. The summed E-state index contributed by atoms with van der Waals surface area (Å²) in [4.78, 5) is 53.8. The Morgan fingerprint density at radius 1 is 1.14 bits per heavy atom. The van der Waals surface area contributed by atoms with Gasteiger partial charge in [0.1, 0.15) is 11.6 Å². The minimum absolute atomic E-state index is 0.219. The lowest BCUT2D eigenvalue weighted by Crippen LogP contribution is -2.60. The molecule has 3 saturated heterocycles. The minimum Gasteiger partial charge on any atom is -0.444 e. The van der Waals surface area contributed by atoms with Crippen LogP contribution in [0.5, 0.6) is 0 Å². The Morgan fingerprint density at radius 2 is 1.83 bits per heavy atom. The first-order chi connectivity index (χ1) is 17.0. The Bertz CT molecular complexity index is 1270. The molecular weight excluding hydrogens is 462 g/mol. The quantitative estimate of drug-likeness (QED) is 0.652. The van der Waals surface area contributed by atoms with Gasteiger partial charge in [-0.2, -0.15) is 0 Å². The smallest absolute Gasteiger partial charge is 0.410 e. The summed E-state index contributed by atoms with van der Waals surface area (Å²) in [7, 11) is 1.74. The highest BCUT2D eigenvalue weighted by Crippen LogP contribution is 2.41. The van der Waals surface area contributed by atoms with E-state index in [0.29, 0.717) is 26.1 Å². The summed E-state index contributed by atoms with van der Waals surface area (Å²) >= 11 is 0. The number of imide groups is 1. The van der Waals surface area contributed by atoms with E-state index in [2.05, 4.69) is 10.2 Å². The van der Waals surface area contributed by atoms with Crippen LogP contribution in [0, 0.1) is 5.41 Å².